The van der Waals surface area contributed by atoms with Crippen LogP contribution in [-0.2, 0) is 78.4 Å². The van der Waals surface area contributed by atoms with E-state index in [0.717, 1.165) is 5.56 Å². The number of amides is 5. The number of tetrazole rings is 1. The lowest BCUT2D eigenvalue weighted by Gasteiger charge is -2.16. The molecule has 0 saturated carbocycles. The molecule has 1 heterocycles. The van der Waals surface area contributed by atoms with Gasteiger partial charge in [0.2, 0.25) is 23.6 Å². The maximum absolute atomic E-state index is 12.6. The van der Waals surface area contributed by atoms with E-state index in [1.54, 1.807) is 12.1 Å². The van der Waals surface area contributed by atoms with Gasteiger partial charge in [-0.3, -0.25) is 43.2 Å². The molecule has 3 unspecified atom stereocenters. The fourth-order valence-electron chi connectivity index (χ4n) is 7.00. The minimum absolute atomic E-state index is 0.0287. The number of H-pyrrole nitrogens is 1. The normalized spacial score (nSPS) is 12.4. The highest BCUT2D eigenvalue weighted by Crippen LogP contribution is 2.14. The van der Waals surface area contributed by atoms with Gasteiger partial charge >= 0.3 is 11.9 Å². The number of nitrogens with one attached hydrogen (secondary N) is 5. The van der Waals surface area contributed by atoms with E-state index in [1.165, 1.54) is 0 Å². The molecule has 0 fully saturated rings. The maximum Gasteiger partial charge on any atom is 0.326 e. The monoisotopic (exact) mass is 1100 g/mol. The summed E-state index contributed by atoms with van der Waals surface area (Å²) < 4.78 is 45.8. The third-order valence-electron chi connectivity index (χ3n) is 11.1. The average molecular weight is 1100 g/mol. The Hall–Kier alpha value is -6.62. The van der Waals surface area contributed by atoms with Crippen LogP contribution in [0.5, 0.6) is 0 Å². The van der Waals surface area contributed by atoms with E-state index in [1.807, 2.05) is 19.1 Å². The number of carboxylic acid groups (broad SMARTS) is 2. The van der Waals surface area contributed by atoms with Crippen LogP contribution in [-0.4, -0.2) is 188 Å². The molecule has 2 aromatic rings. The number of ether oxygens (including phenoxy) is 4. The molecule has 0 saturated heterocycles. The minimum Gasteiger partial charge on any atom is -0.481 e. The molecule has 28 heteroatoms. The molecule has 0 aliphatic carbocycles. The van der Waals surface area contributed by atoms with Crippen LogP contribution in [0.15, 0.2) is 24.3 Å². The number of carbonyl (C=O) groups is 10. The van der Waals surface area contributed by atoms with E-state index in [-0.39, 0.29) is 122 Å². The van der Waals surface area contributed by atoms with Crippen molar-refractivity contribution in [3.63, 3.8) is 0 Å². The lowest BCUT2D eigenvalue weighted by Crippen LogP contribution is -2.45. The molecule has 424 valence electrons. The average Bonchev–Trinajstić information content (AvgIpc) is 3.88. The van der Waals surface area contributed by atoms with Crippen LogP contribution in [0.4, 0.5) is 0 Å². The summed E-state index contributed by atoms with van der Waals surface area (Å²) in [4.78, 5) is 122. The molecule has 0 spiro atoms. The van der Waals surface area contributed by atoms with Crippen molar-refractivity contribution in [3.8, 4) is 0 Å². The van der Waals surface area contributed by atoms with Crippen molar-refractivity contribution in [2.75, 3.05) is 77.5 Å². The number of unbranched alkanes of at least 4 members (excludes halogenated alkanes) is 1. The smallest absolute Gasteiger partial charge is 0.326 e. The molecule has 2 rings (SSSR count). The lowest BCUT2D eigenvalue weighted by molar-refractivity contribution is -0.145. The molecule has 0 aliphatic rings. The van der Waals surface area contributed by atoms with E-state index >= 15 is 0 Å². The molecule has 0 radical (unpaired) electrons. The molecular weight excluding hydrogens is 1020 g/mol. The number of aliphatic carboxylic acids is 2. The highest BCUT2D eigenvalue weighted by molar-refractivity contribution is 7.92. The second-order valence-corrected chi connectivity index (χ2v) is 19.9. The third kappa shape index (κ3) is 32.0. The van der Waals surface area contributed by atoms with Gasteiger partial charge in [-0.05, 0) is 70.4 Å². The molecule has 76 heavy (non-hydrogen) atoms. The quantitative estimate of drug-likeness (QED) is 0.0387. The van der Waals surface area contributed by atoms with Gasteiger partial charge < -0.3 is 56.2 Å². The third-order valence-corrected chi connectivity index (χ3v) is 12.8. The van der Waals surface area contributed by atoms with E-state index in [2.05, 4.69) is 41.9 Å². The predicted octanol–water partition coefficient (Wildman–Crippen LogP) is -0.513. The first-order valence-electron chi connectivity index (χ1n) is 25.0. The van der Waals surface area contributed by atoms with Crippen molar-refractivity contribution in [2.24, 2.45) is 11.7 Å². The van der Waals surface area contributed by atoms with Crippen LogP contribution in [0.1, 0.15) is 112 Å². The number of aromatic nitrogens is 4. The number of ketones is 3. The second-order valence-electron chi connectivity index (χ2n) is 17.7. The summed E-state index contributed by atoms with van der Waals surface area (Å²) in [6.45, 7) is 1.99. The molecule has 5 amide bonds. The summed E-state index contributed by atoms with van der Waals surface area (Å²) in [5, 5.41) is 42.6. The first kappa shape index (κ1) is 65.5. The van der Waals surface area contributed by atoms with Gasteiger partial charge in [0, 0.05) is 70.2 Å². The zero-order chi connectivity index (χ0) is 56.1. The molecule has 3 atom stereocenters. The molecule has 9 N–H and O–H groups in total. The number of nitrogens with zero attached hydrogens (tertiary/aromatic N) is 3. The molecule has 27 nitrogen and oxygen atoms in total. The number of nitrogens with two attached hydrogens (primary N) is 1. The van der Waals surface area contributed by atoms with Gasteiger partial charge in [0.25, 0.3) is 5.91 Å². The number of benzene rings is 1. The number of aryl methyl sites for hydroxylation is 2. The van der Waals surface area contributed by atoms with Crippen molar-refractivity contribution < 1.29 is 85.5 Å². The van der Waals surface area contributed by atoms with E-state index in [0.29, 0.717) is 50.0 Å². The topological polar surface area (TPSA) is 411 Å². The summed E-state index contributed by atoms with van der Waals surface area (Å²) in [6, 6.07) is 4.80. The predicted molar refractivity (Wildman–Crippen MR) is 268 cm³/mol. The van der Waals surface area contributed by atoms with Gasteiger partial charge in [-0.2, -0.15) is 5.21 Å². The second kappa shape index (κ2) is 38.0. The number of sulfone groups is 1. The van der Waals surface area contributed by atoms with Gasteiger partial charge in [-0.15, -0.1) is 10.2 Å². The van der Waals surface area contributed by atoms with Crippen LogP contribution in [0.2, 0.25) is 0 Å². The Labute approximate surface area is 440 Å². The Balaban J connectivity index is 1.49. The molecule has 0 bridgehead atoms. The number of Topliss-reactive ketones (excluding diaryl/α,β-unsaturated/α-hetero) is 3. The fraction of sp³-hybridized carbons (Fsp3) is 0.646. The summed E-state index contributed by atoms with van der Waals surface area (Å²) in [5.74, 6) is -8.46. The van der Waals surface area contributed by atoms with Gasteiger partial charge in [0.15, 0.2) is 21.4 Å². The molecule has 1 aromatic heterocycles. The molecular formula is C48H73N9O18S. The highest BCUT2D eigenvalue weighted by atomic mass is 32.2. The Bertz CT molecular complexity index is 2270. The number of primary amides is 1. The Morgan fingerprint density at radius 1 is 0.632 bits per heavy atom. The Kier molecular flexibility index (Phi) is 32.8. The van der Waals surface area contributed by atoms with Crippen molar-refractivity contribution in [1.29, 1.82) is 0 Å². The summed E-state index contributed by atoms with van der Waals surface area (Å²) >= 11 is 0. The first-order valence-corrected chi connectivity index (χ1v) is 26.8. The minimum atomic E-state index is -3.68. The largest absolute Gasteiger partial charge is 0.481 e. The van der Waals surface area contributed by atoms with E-state index in [9.17, 15) is 66.6 Å². The van der Waals surface area contributed by atoms with E-state index < -0.39 is 100 Å². The lowest BCUT2D eigenvalue weighted by atomic mass is 9.97. The fourth-order valence-corrected chi connectivity index (χ4v) is 8.36. The van der Waals surface area contributed by atoms with Crippen molar-refractivity contribution in [1.82, 2.24) is 41.9 Å². The first-order chi connectivity index (χ1) is 36.2. The molecule has 0 aliphatic heterocycles. The van der Waals surface area contributed by atoms with Crippen molar-refractivity contribution >= 4 is 68.7 Å². The Morgan fingerprint density at radius 3 is 1.97 bits per heavy atom. The van der Waals surface area contributed by atoms with Crippen LogP contribution in [0, 0.1) is 12.8 Å². The number of hydrogen-bond acceptors (Lipinski definition) is 19. The number of carboxylic acids is 2. The zero-order valence-corrected chi connectivity index (χ0v) is 43.7. The van der Waals surface area contributed by atoms with Gasteiger partial charge in [0.1, 0.15) is 42.6 Å². The van der Waals surface area contributed by atoms with Crippen molar-refractivity contribution in [2.45, 2.75) is 115 Å². The number of carbonyl (C=O) groups excluding carboxylic acids is 8. The SMILES string of the molecule is Cc1ccc(C(=O)NCCCCC(NC(=O)COCCOCCCC(=O)CCC(NC(=O)CCC(CC(=O)COCCOCCNC(=O)CCCS(=O)(=O)CC(=O)CCCc2nn[nH]n2)C(=O)O)C(=O)O)C(N)=O)cc1. The van der Waals surface area contributed by atoms with Crippen LogP contribution < -0.4 is 27.0 Å². The van der Waals surface area contributed by atoms with Crippen molar-refractivity contribution in [3.05, 3.63) is 41.2 Å². The van der Waals surface area contributed by atoms with Gasteiger partial charge in [-0.25, -0.2) is 13.2 Å². The summed E-state index contributed by atoms with van der Waals surface area (Å²) in [6.07, 6.45) is 0.928. The Morgan fingerprint density at radius 2 is 1.30 bits per heavy atom. The van der Waals surface area contributed by atoms with E-state index in [4.69, 9.17) is 24.7 Å². The zero-order valence-electron chi connectivity index (χ0n) is 42.9. The highest BCUT2D eigenvalue weighted by Gasteiger charge is 2.26. The maximum atomic E-state index is 12.6. The summed E-state index contributed by atoms with van der Waals surface area (Å²) in [7, 11) is -3.68. The number of rotatable bonds is 46. The number of hydrogen-bond donors (Lipinski definition) is 8. The molecule has 1 aromatic carbocycles. The van der Waals surface area contributed by atoms with Gasteiger partial charge in [-0.1, -0.05) is 22.9 Å². The van der Waals surface area contributed by atoms with Crippen LogP contribution in [0.25, 0.3) is 0 Å². The van der Waals surface area contributed by atoms with Crippen LogP contribution >= 0.6 is 0 Å². The van der Waals surface area contributed by atoms with Crippen LogP contribution in [0.3, 0.4) is 0 Å². The summed E-state index contributed by atoms with van der Waals surface area (Å²) in [5.41, 5.74) is 7.02. The number of aromatic amines is 1. The standard InChI is InChI=1S/C48H73N9O18S/c1-33-12-14-34(15-13-33)46(65)51-20-3-2-9-39(45(49)64)52-44(63)31-75-27-24-72-22-5-8-36(58)17-18-40(48(68)69)53-43(62)19-16-35(47(66)67)29-38(60)30-74-26-25-73-23-21-50-42(61)11-6-28-76(70,71)32-37(59)7-4-10-41-54-56-57-55-41/h12-15,35,39-40H,2-11,16-32H2,1H3,(H2,49,64)(H,50,61)(H,51,65)(H,52,63)(H,53,62)(H,66,67)(H,68,69)(H,54,55,56,57). The van der Waals surface area contributed by atoms with Gasteiger partial charge in [0.05, 0.1) is 44.7 Å².